The molecule has 1 aromatic carbocycles. The zero-order chi connectivity index (χ0) is 12.1. The van der Waals surface area contributed by atoms with Crippen molar-refractivity contribution in [3.8, 4) is 11.5 Å². The zero-order valence-electron chi connectivity index (χ0n) is 10.1. The molecule has 0 aliphatic heterocycles. The molecule has 0 aromatic heterocycles. The van der Waals surface area contributed by atoms with Gasteiger partial charge in [-0.15, -0.1) is 0 Å². The van der Waals surface area contributed by atoms with Crippen LogP contribution in [0, 0.1) is 0 Å². The van der Waals surface area contributed by atoms with Crippen LogP contribution >= 0.6 is 0 Å². The molecule has 4 nitrogen and oxygen atoms in total. The second kappa shape index (κ2) is 5.39. The van der Waals surface area contributed by atoms with Crippen molar-refractivity contribution in [1.82, 2.24) is 4.90 Å². The van der Waals surface area contributed by atoms with Crippen LogP contribution in [0.1, 0.15) is 17.3 Å². The highest BCUT2D eigenvalue weighted by Gasteiger charge is 2.13. The Morgan fingerprint density at radius 2 is 1.88 bits per heavy atom. The Hall–Kier alpha value is -1.71. The number of hydrogen-bond acceptors (Lipinski definition) is 3. The highest BCUT2D eigenvalue weighted by Crippen LogP contribution is 2.27. The summed E-state index contributed by atoms with van der Waals surface area (Å²) in [7, 11) is 4.88. The van der Waals surface area contributed by atoms with E-state index < -0.39 is 0 Å². The summed E-state index contributed by atoms with van der Waals surface area (Å²) in [4.78, 5) is 13.5. The minimum atomic E-state index is -0.0246. The lowest BCUT2D eigenvalue weighted by atomic mass is 10.2. The van der Waals surface area contributed by atoms with Crippen molar-refractivity contribution < 1.29 is 14.3 Å². The van der Waals surface area contributed by atoms with E-state index in [1.165, 1.54) is 0 Å². The minimum absolute atomic E-state index is 0.0246. The monoisotopic (exact) mass is 223 g/mol. The fraction of sp³-hybridized carbons (Fsp3) is 0.417. The third-order valence-corrected chi connectivity index (χ3v) is 2.45. The van der Waals surface area contributed by atoms with Crippen molar-refractivity contribution in [2.75, 3.05) is 27.8 Å². The van der Waals surface area contributed by atoms with Crippen LogP contribution in [0.15, 0.2) is 18.2 Å². The van der Waals surface area contributed by atoms with Crippen molar-refractivity contribution in [2.45, 2.75) is 6.92 Å². The van der Waals surface area contributed by atoms with Crippen LogP contribution in [0.2, 0.25) is 0 Å². The fourth-order valence-electron chi connectivity index (χ4n) is 1.33. The van der Waals surface area contributed by atoms with Gasteiger partial charge in [0.15, 0.2) is 11.5 Å². The first-order valence-electron chi connectivity index (χ1n) is 5.11. The summed E-state index contributed by atoms with van der Waals surface area (Å²) in [6.45, 7) is 2.60. The van der Waals surface area contributed by atoms with E-state index in [9.17, 15) is 4.79 Å². The summed E-state index contributed by atoms with van der Waals surface area (Å²) in [5, 5.41) is 0. The van der Waals surface area contributed by atoms with Gasteiger partial charge in [0.25, 0.3) is 5.91 Å². The van der Waals surface area contributed by atoms with Crippen molar-refractivity contribution in [3.05, 3.63) is 23.8 Å². The number of carbonyl (C=O) groups is 1. The first-order valence-corrected chi connectivity index (χ1v) is 5.11. The summed E-state index contributed by atoms with van der Waals surface area (Å²) in [5.41, 5.74) is 0.599. The third-order valence-electron chi connectivity index (χ3n) is 2.45. The van der Waals surface area contributed by atoms with Gasteiger partial charge in [-0.25, -0.2) is 0 Å². The van der Waals surface area contributed by atoms with Crippen LogP contribution in [-0.4, -0.2) is 38.6 Å². The highest BCUT2D eigenvalue weighted by molar-refractivity contribution is 5.94. The maximum absolute atomic E-state index is 11.9. The zero-order valence-corrected chi connectivity index (χ0v) is 10.1. The predicted octanol–water partition coefficient (Wildman–Crippen LogP) is 1.80. The summed E-state index contributed by atoms with van der Waals surface area (Å²) >= 11 is 0. The number of carbonyl (C=O) groups excluding carboxylic acids is 1. The molecule has 88 valence electrons. The maximum atomic E-state index is 11.9. The molecule has 0 N–H and O–H groups in total. The molecule has 1 rings (SSSR count). The number of amides is 1. The lowest BCUT2D eigenvalue weighted by Gasteiger charge is -2.15. The molecule has 0 aliphatic carbocycles. The first-order chi connectivity index (χ1) is 7.63. The fourth-order valence-corrected chi connectivity index (χ4v) is 1.33. The van der Waals surface area contributed by atoms with Gasteiger partial charge in [0.2, 0.25) is 0 Å². The van der Waals surface area contributed by atoms with Crippen molar-refractivity contribution in [1.29, 1.82) is 0 Å². The Morgan fingerprint density at radius 1 is 1.25 bits per heavy atom. The summed E-state index contributed by atoms with van der Waals surface area (Å²) in [6, 6.07) is 5.15. The van der Waals surface area contributed by atoms with Crippen molar-refractivity contribution in [2.24, 2.45) is 0 Å². The second-order valence-corrected chi connectivity index (χ2v) is 3.39. The number of benzene rings is 1. The standard InChI is InChI=1S/C12H17NO3/c1-5-13(2)12(14)9-6-7-10(15-3)11(8-9)16-4/h6-8H,5H2,1-4H3. The Bertz CT molecular complexity index is 377. The predicted molar refractivity (Wildman–Crippen MR) is 62.2 cm³/mol. The van der Waals surface area contributed by atoms with E-state index in [1.54, 1.807) is 44.4 Å². The molecule has 1 aromatic rings. The average Bonchev–Trinajstić information content (AvgIpc) is 2.35. The number of ether oxygens (including phenoxy) is 2. The molecule has 0 spiro atoms. The summed E-state index contributed by atoms with van der Waals surface area (Å²) in [5.74, 6) is 1.17. The molecule has 0 radical (unpaired) electrons. The van der Waals surface area contributed by atoms with Gasteiger partial charge in [-0.05, 0) is 25.1 Å². The van der Waals surface area contributed by atoms with E-state index in [2.05, 4.69) is 0 Å². The molecule has 0 fully saturated rings. The van der Waals surface area contributed by atoms with Gasteiger partial charge in [0, 0.05) is 19.2 Å². The Labute approximate surface area is 95.8 Å². The normalized spacial score (nSPS) is 9.75. The van der Waals surface area contributed by atoms with Gasteiger partial charge in [-0.2, -0.15) is 0 Å². The summed E-state index contributed by atoms with van der Waals surface area (Å²) in [6.07, 6.45) is 0. The molecule has 0 aliphatic rings. The van der Waals surface area contributed by atoms with E-state index in [4.69, 9.17) is 9.47 Å². The summed E-state index contributed by atoms with van der Waals surface area (Å²) < 4.78 is 10.3. The molecule has 16 heavy (non-hydrogen) atoms. The molecular formula is C12H17NO3. The van der Waals surface area contributed by atoms with Gasteiger partial charge in [-0.3, -0.25) is 4.79 Å². The average molecular weight is 223 g/mol. The molecule has 1 amide bonds. The quantitative estimate of drug-likeness (QED) is 0.781. The van der Waals surface area contributed by atoms with Crippen LogP contribution < -0.4 is 9.47 Å². The SMILES string of the molecule is CCN(C)C(=O)c1ccc(OC)c(OC)c1. The van der Waals surface area contributed by atoms with Gasteiger partial charge >= 0.3 is 0 Å². The third kappa shape index (κ3) is 2.45. The highest BCUT2D eigenvalue weighted by atomic mass is 16.5. The van der Waals surface area contributed by atoms with Gasteiger partial charge in [0.05, 0.1) is 14.2 Å². The number of methoxy groups -OCH3 is 2. The van der Waals surface area contributed by atoms with Gasteiger partial charge in [0.1, 0.15) is 0 Å². The topological polar surface area (TPSA) is 38.8 Å². The maximum Gasteiger partial charge on any atom is 0.253 e. The van der Waals surface area contributed by atoms with Crippen LogP contribution in [0.5, 0.6) is 11.5 Å². The lowest BCUT2D eigenvalue weighted by molar-refractivity contribution is 0.0802. The first kappa shape index (κ1) is 12.4. The number of hydrogen-bond donors (Lipinski definition) is 0. The Morgan fingerprint density at radius 3 is 2.38 bits per heavy atom. The Kier molecular flexibility index (Phi) is 4.17. The smallest absolute Gasteiger partial charge is 0.253 e. The van der Waals surface area contributed by atoms with Crippen LogP contribution in [0.3, 0.4) is 0 Å². The van der Waals surface area contributed by atoms with Crippen LogP contribution in [-0.2, 0) is 0 Å². The molecule has 0 atom stereocenters. The molecule has 4 heteroatoms. The van der Waals surface area contributed by atoms with E-state index in [1.807, 2.05) is 6.92 Å². The number of nitrogens with zero attached hydrogens (tertiary/aromatic N) is 1. The molecule has 0 saturated heterocycles. The Balaban J connectivity index is 3.03. The number of rotatable bonds is 4. The van der Waals surface area contributed by atoms with Crippen molar-refractivity contribution in [3.63, 3.8) is 0 Å². The van der Waals surface area contributed by atoms with Crippen molar-refractivity contribution >= 4 is 5.91 Å². The molecular weight excluding hydrogens is 206 g/mol. The van der Waals surface area contributed by atoms with Gasteiger partial charge in [-0.1, -0.05) is 0 Å². The lowest BCUT2D eigenvalue weighted by Crippen LogP contribution is -2.26. The van der Waals surface area contributed by atoms with E-state index >= 15 is 0 Å². The molecule has 0 bridgehead atoms. The second-order valence-electron chi connectivity index (χ2n) is 3.39. The van der Waals surface area contributed by atoms with Crippen LogP contribution in [0.25, 0.3) is 0 Å². The largest absolute Gasteiger partial charge is 0.493 e. The van der Waals surface area contributed by atoms with E-state index in [-0.39, 0.29) is 5.91 Å². The van der Waals surface area contributed by atoms with E-state index in [0.717, 1.165) is 0 Å². The molecule has 0 heterocycles. The molecule has 0 saturated carbocycles. The minimum Gasteiger partial charge on any atom is -0.493 e. The van der Waals surface area contributed by atoms with Gasteiger partial charge < -0.3 is 14.4 Å². The van der Waals surface area contributed by atoms with E-state index in [0.29, 0.717) is 23.6 Å². The molecule has 0 unspecified atom stereocenters. The van der Waals surface area contributed by atoms with Crippen LogP contribution in [0.4, 0.5) is 0 Å².